The number of anilines is 1. The first kappa shape index (κ1) is 14.2. The number of hydrogen-bond donors (Lipinski definition) is 1. The molecule has 0 saturated carbocycles. The molecule has 0 saturated heterocycles. The Morgan fingerprint density at radius 1 is 1.23 bits per heavy atom. The lowest BCUT2D eigenvalue weighted by Gasteiger charge is -2.11. The summed E-state index contributed by atoms with van der Waals surface area (Å²) in [6.45, 7) is 4.56. The Morgan fingerprint density at radius 2 is 2.05 bits per heavy atom. The van der Waals surface area contributed by atoms with Crippen LogP contribution in [0.1, 0.15) is 25.7 Å². The highest BCUT2D eigenvalue weighted by atomic mass is 16.1. The van der Waals surface area contributed by atoms with Gasteiger partial charge in [-0.2, -0.15) is 0 Å². The quantitative estimate of drug-likeness (QED) is 0.793. The summed E-state index contributed by atoms with van der Waals surface area (Å²) in [7, 11) is 1.75. The van der Waals surface area contributed by atoms with E-state index in [1.165, 1.54) is 0 Å². The average molecular weight is 298 g/mol. The van der Waals surface area contributed by atoms with Crippen molar-refractivity contribution in [3.05, 3.63) is 46.6 Å². The van der Waals surface area contributed by atoms with Crippen LogP contribution in [0.5, 0.6) is 0 Å². The number of rotatable bonds is 4. The minimum atomic E-state index is -0.00633. The van der Waals surface area contributed by atoms with Crippen LogP contribution in [0.4, 0.5) is 5.69 Å². The predicted octanol–water partition coefficient (Wildman–Crippen LogP) is 1.72. The van der Waals surface area contributed by atoms with Gasteiger partial charge in [0.25, 0.3) is 5.56 Å². The standard InChI is InChI=1S/C15H18N6O/c1-10(2)21-14(17-18-19-21)9-16-13-6-4-5-12-11(13)7-8-20(3)15(12)22/h4-8,10,16H,9H2,1-3H3. The first-order valence-electron chi connectivity index (χ1n) is 7.17. The Bertz CT molecular complexity index is 864. The van der Waals surface area contributed by atoms with Gasteiger partial charge in [-0.3, -0.25) is 4.79 Å². The van der Waals surface area contributed by atoms with Gasteiger partial charge in [-0.25, -0.2) is 4.68 Å². The summed E-state index contributed by atoms with van der Waals surface area (Å²) in [4.78, 5) is 12.2. The molecule has 0 aliphatic rings. The number of pyridine rings is 1. The predicted molar refractivity (Wildman–Crippen MR) is 84.7 cm³/mol. The first-order chi connectivity index (χ1) is 10.6. The molecule has 7 heteroatoms. The highest BCUT2D eigenvalue weighted by Crippen LogP contribution is 2.21. The zero-order valence-corrected chi connectivity index (χ0v) is 12.8. The van der Waals surface area contributed by atoms with Crippen molar-refractivity contribution in [3.63, 3.8) is 0 Å². The number of tetrazole rings is 1. The van der Waals surface area contributed by atoms with Gasteiger partial charge in [-0.15, -0.1) is 5.10 Å². The second kappa shape index (κ2) is 5.59. The molecule has 0 fully saturated rings. The van der Waals surface area contributed by atoms with Gasteiger partial charge in [0.2, 0.25) is 0 Å². The summed E-state index contributed by atoms with van der Waals surface area (Å²) in [6, 6.07) is 7.79. The molecule has 7 nitrogen and oxygen atoms in total. The fourth-order valence-electron chi connectivity index (χ4n) is 2.43. The van der Waals surface area contributed by atoms with E-state index >= 15 is 0 Å². The minimum Gasteiger partial charge on any atom is -0.377 e. The Kier molecular flexibility index (Phi) is 3.62. The Labute approximate surface area is 127 Å². The molecule has 0 amide bonds. The van der Waals surface area contributed by atoms with Crippen LogP contribution < -0.4 is 10.9 Å². The van der Waals surface area contributed by atoms with Crippen LogP contribution in [0.25, 0.3) is 10.8 Å². The molecule has 0 radical (unpaired) electrons. The number of nitrogens with zero attached hydrogens (tertiary/aromatic N) is 5. The maximum Gasteiger partial charge on any atom is 0.258 e. The molecule has 114 valence electrons. The first-order valence-corrected chi connectivity index (χ1v) is 7.17. The smallest absolute Gasteiger partial charge is 0.258 e. The second-order valence-electron chi connectivity index (χ2n) is 5.49. The van der Waals surface area contributed by atoms with E-state index in [-0.39, 0.29) is 11.6 Å². The highest BCUT2D eigenvalue weighted by molar-refractivity contribution is 5.93. The van der Waals surface area contributed by atoms with Crippen LogP contribution in [0, 0.1) is 0 Å². The maximum absolute atomic E-state index is 12.2. The third-order valence-corrected chi connectivity index (χ3v) is 3.61. The molecule has 3 rings (SSSR count). The van der Waals surface area contributed by atoms with E-state index < -0.39 is 0 Å². The van der Waals surface area contributed by atoms with Crippen LogP contribution in [-0.4, -0.2) is 24.8 Å². The van der Waals surface area contributed by atoms with E-state index in [2.05, 4.69) is 20.8 Å². The number of aromatic nitrogens is 5. The molecule has 0 aliphatic heterocycles. The van der Waals surface area contributed by atoms with Crippen molar-refractivity contribution in [2.24, 2.45) is 7.05 Å². The molecule has 0 unspecified atom stereocenters. The normalized spacial score (nSPS) is 11.3. The van der Waals surface area contributed by atoms with E-state index in [9.17, 15) is 4.79 Å². The molecule has 22 heavy (non-hydrogen) atoms. The zero-order chi connectivity index (χ0) is 15.7. The Morgan fingerprint density at radius 3 is 2.82 bits per heavy atom. The van der Waals surface area contributed by atoms with Gasteiger partial charge in [-0.1, -0.05) is 6.07 Å². The van der Waals surface area contributed by atoms with Crippen LogP contribution in [0.15, 0.2) is 35.3 Å². The summed E-state index contributed by atoms with van der Waals surface area (Å²) in [5.74, 6) is 0.760. The fraction of sp³-hybridized carbons (Fsp3) is 0.333. The van der Waals surface area contributed by atoms with Gasteiger partial charge < -0.3 is 9.88 Å². The fourth-order valence-corrected chi connectivity index (χ4v) is 2.43. The molecule has 0 aliphatic carbocycles. The van der Waals surface area contributed by atoms with E-state index in [0.717, 1.165) is 16.9 Å². The molecule has 0 spiro atoms. The van der Waals surface area contributed by atoms with Crippen molar-refractivity contribution < 1.29 is 0 Å². The summed E-state index contributed by atoms with van der Waals surface area (Å²) >= 11 is 0. The zero-order valence-electron chi connectivity index (χ0n) is 12.8. The maximum atomic E-state index is 12.2. The topological polar surface area (TPSA) is 77.6 Å². The largest absolute Gasteiger partial charge is 0.377 e. The summed E-state index contributed by atoms with van der Waals surface area (Å²) < 4.78 is 3.35. The Balaban J connectivity index is 1.93. The molecule has 1 N–H and O–H groups in total. The van der Waals surface area contributed by atoms with E-state index in [1.807, 2.05) is 38.1 Å². The minimum absolute atomic E-state index is 0.00633. The molecular weight excluding hydrogens is 280 g/mol. The van der Waals surface area contributed by atoms with Gasteiger partial charge >= 0.3 is 0 Å². The van der Waals surface area contributed by atoms with Crippen LogP contribution in [0.3, 0.4) is 0 Å². The highest BCUT2D eigenvalue weighted by Gasteiger charge is 2.10. The van der Waals surface area contributed by atoms with Crippen molar-refractivity contribution in [2.75, 3.05) is 5.32 Å². The van der Waals surface area contributed by atoms with Gasteiger partial charge in [0, 0.05) is 29.7 Å². The van der Waals surface area contributed by atoms with Crippen molar-refractivity contribution in [1.82, 2.24) is 24.8 Å². The third kappa shape index (κ3) is 2.45. The Hall–Kier alpha value is -2.70. The number of hydrogen-bond acceptors (Lipinski definition) is 5. The second-order valence-corrected chi connectivity index (χ2v) is 5.49. The lowest BCUT2D eigenvalue weighted by atomic mass is 10.1. The summed E-state index contributed by atoms with van der Waals surface area (Å²) in [5.41, 5.74) is 0.890. The number of benzene rings is 1. The van der Waals surface area contributed by atoms with Crippen molar-refractivity contribution >= 4 is 16.5 Å². The monoisotopic (exact) mass is 298 g/mol. The van der Waals surface area contributed by atoms with E-state index in [1.54, 1.807) is 22.5 Å². The van der Waals surface area contributed by atoms with Crippen molar-refractivity contribution in [1.29, 1.82) is 0 Å². The van der Waals surface area contributed by atoms with E-state index in [0.29, 0.717) is 11.9 Å². The average Bonchev–Trinajstić information content (AvgIpc) is 2.97. The number of fused-ring (bicyclic) bond motifs is 1. The summed E-state index contributed by atoms with van der Waals surface area (Å²) in [6.07, 6.45) is 1.77. The lowest BCUT2D eigenvalue weighted by molar-refractivity contribution is 0.496. The van der Waals surface area contributed by atoms with Gasteiger partial charge in [0.1, 0.15) is 0 Å². The third-order valence-electron chi connectivity index (χ3n) is 3.61. The number of nitrogens with one attached hydrogen (secondary N) is 1. The van der Waals surface area contributed by atoms with Gasteiger partial charge in [0.15, 0.2) is 5.82 Å². The molecule has 2 heterocycles. The SMILES string of the molecule is CC(C)n1nnnc1CNc1cccc2c(=O)n(C)ccc12. The summed E-state index contributed by atoms with van der Waals surface area (Å²) in [5, 5.41) is 16.6. The van der Waals surface area contributed by atoms with E-state index in [4.69, 9.17) is 0 Å². The molecule has 2 aromatic heterocycles. The van der Waals surface area contributed by atoms with Crippen LogP contribution >= 0.6 is 0 Å². The molecule has 1 aromatic carbocycles. The van der Waals surface area contributed by atoms with Crippen LogP contribution in [-0.2, 0) is 13.6 Å². The van der Waals surface area contributed by atoms with Crippen molar-refractivity contribution in [3.8, 4) is 0 Å². The van der Waals surface area contributed by atoms with Crippen molar-refractivity contribution in [2.45, 2.75) is 26.4 Å². The van der Waals surface area contributed by atoms with Crippen LogP contribution in [0.2, 0.25) is 0 Å². The molecule has 0 atom stereocenters. The van der Waals surface area contributed by atoms with Gasteiger partial charge in [0.05, 0.1) is 12.6 Å². The molecule has 0 bridgehead atoms. The molecular formula is C15H18N6O. The number of aryl methyl sites for hydroxylation is 1. The molecule has 3 aromatic rings. The lowest BCUT2D eigenvalue weighted by Crippen LogP contribution is -2.16. The van der Waals surface area contributed by atoms with Gasteiger partial charge in [-0.05, 0) is 42.5 Å².